The van der Waals surface area contributed by atoms with Gasteiger partial charge in [-0.15, -0.1) is 0 Å². The van der Waals surface area contributed by atoms with Crippen LogP contribution in [0.3, 0.4) is 0 Å². The number of non-ortho nitro benzene ring substituents is 1. The van der Waals surface area contributed by atoms with Crippen molar-refractivity contribution in [3.8, 4) is 0 Å². The molecule has 2 heterocycles. The second kappa shape index (κ2) is 6.95. The van der Waals surface area contributed by atoms with Crippen LogP contribution < -0.4 is 5.32 Å². The first-order valence-electron chi connectivity index (χ1n) is 8.26. The van der Waals surface area contributed by atoms with Crippen molar-refractivity contribution in [1.82, 2.24) is 9.38 Å². The third-order valence-electron chi connectivity index (χ3n) is 4.25. The van der Waals surface area contributed by atoms with Crippen molar-refractivity contribution >= 4 is 22.9 Å². The van der Waals surface area contributed by atoms with Gasteiger partial charge in [-0.2, -0.15) is 13.2 Å². The van der Waals surface area contributed by atoms with E-state index in [-0.39, 0.29) is 22.7 Å². The first kappa shape index (κ1) is 19.3. The Labute approximate surface area is 157 Å². The molecule has 1 aromatic carbocycles. The average Bonchev–Trinajstić information content (AvgIpc) is 3.00. The fraction of sp³-hybridized carbons (Fsp3) is 0.222. The third kappa shape index (κ3) is 3.53. The Bertz CT molecular complexity index is 1090. The van der Waals surface area contributed by atoms with Crippen molar-refractivity contribution in [3.05, 3.63) is 69.2 Å². The highest BCUT2D eigenvalue weighted by molar-refractivity contribution is 6.05. The van der Waals surface area contributed by atoms with Gasteiger partial charge in [0.05, 0.1) is 21.9 Å². The van der Waals surface area contributed by atoms with E-state index in [1.165, 1.54) is 24.3 Å². The van der Waals surface area contributed by atoms with Crippen molar-refractivity contribution < 1.29 is 22.9 Å². The summed E-state index contributed by atoms with van der Waals surface area (Å²) in [6.07, 6.45) is -3.44. The molecule has 0 aliphatic carbocycles. The maximum absolute atomic E-state index is 13.1. The van der Waals surface area contributed by atoms with Gasteiger partial charge in [0.15, 0.2) is 0 Å². The third-order valence-corrected chi connectivity index (χ3v) is 4.25. The number of fused-ring (bicyclic) bond motifs is 1. The molecule has 0 aliphatic rings. The highest BCUT2D eigenvalue weighted by atomic mass is 19.4. The number of amides is 1. The van der Waals surface area contributed by atoms with E-state index in [0.717, 1.165) is 16.7 Å². The number of benzene rings is 1. The van der Waals surface area contributed by atoms with E-state index in [4.69, 9.17) is 0 Å². The fourth-order valence-electron chi connectivity index (χ4n) is 2.79. The lowest BCUT2D eigenvalue weighted by Crippen LogP contribution is -2.17. The molecule has 1 N–H and O–H groups in total. The lowest BCUT2D eigenvalue weighted by atomic mass is 10.1. The standard InChI is InChI=1S/C18H15F3N4O3/c1-3-13-16(24-9-11(18(19,20)21)5-7-15(24)22-13)17(26)23-14-8-12(25(27)28)6-4-10(14)2/h4-9H,3H2,1-2H3,(H,23,26). The molecule has 146 valence electrons. The van der Waals surface area contributed by atoms with Gasteiger partial charge < -0.3 is 5.32 Å². The predicted octanol–water partition coefficient (Wildman–Crippen LogP) is 4.38. The molecule has 0 atom stereocenters. The number of nitro groups is 1. The van der Waals surface area contributed by atoms with E-state index >= 15 is 0 Å². The zero-order valence-electron chi connectivity index (χ0n) is 14.9. The number of imidazole rings is 1. The Morgan fingerprint density at radius 1 is 1.29 bits per heavy atom. The Morgan fingerprint density at radius 3 is 2.61 bits per heavy atom. The zero-order chi connectivity index (χ0) is 20.6. The normalized spacial score (nSPS) is 11.6. The summed E-state index contributed by atoms with van der Waals surface area (Å²) < 4.78 is 40.3. The van der Waals surface area contributed by atoms with Crippen molar-refractivity contribution in [2.75, 3.05) is 5.32 Å². The van der Waals surface area contributed by atoms with E-state index in [1.807, 2.05) is 0 Å². The van der Waals surface area contributed by atoms with Crippen molar-refractivity contribution in [2.24, 2.45) is 0 Å². The minimum absolute atomic E-state index is 0.0468. The number of nitro benzene ring substituents is 1. The maximum Gasteiger partial charge on any atom is 0.417 e. The van der Waals surface area contributed by atoms with E-state index in [1.54, 1.807) is 13.8 Å². The Morgan fingerprint density at radius 2 is 2.00 bits per heavy atom. The van der Waals surface area contributed by atoms with Gasteiger partial charge in [0, 0.05) is 18.3 Å². The minimum Gasteiger partial charge on any atom is -0.320 e. The number of rotatable bonds is 4. The first-order chi connectivity index (χ1) is 13.1. The van der Waals surface area contributed by atoms with E-state index in [9.17, 15) is 28.1 Å². The lowest BCUT2D eigenvalue weighted by molar-refractivity contribution is -0.384. The van der Waals surface area contributed by atoms with Crippen molar-refractivity contribution in [2.45, 2.75) is 26.4 Å². The number of pyridine rings is 1. The Hall–Kier alpha value is -3.43. The van der Waals surface area contributed by atoms with Crippen LogP contribution in [-0.2, 0) is 12.6 Å². The van der Waals surface area contributed by atoms with Gasteiger partial charge in [0.1, 0.15) is 11.3 Å². The molecule has 0 bridgehead atoms. The molecule has 7 nitrogen and oxygen atoms in total. The number of nitrogens with zero attached hydrogens (tertiary/aromatic N) is 3. The van der Waals surface area contributed by atoms with E-state index < -0.39 is 22.6 Å². The van der Waals surface area contributed by atoms with Gasteiger partial charge in [-0.05, 0) is 31.0 Å². The quantitative estimate of drug-likeness (QED) is 0.527. The lowest BCUT2D eigenvalue weighted by Gasteiger charge is -2.11. The number of nitrogens with one attached hydrogen (secondary N) is 1. The summed E-state index contributed by atoms with van der Waals surface area (Å²) in [5.41, 5.74) is 0.111. The number of aromatic nitrogens is 2. The molecule has 0 fully saturated rings. The van der Waals surface area contributed by atoms with Crippen LogP contribution in [0, 0.1) is 17.0 Å². The van der Waals surface area contributed by atoms with Crippen molar-refractivity contribution in [3.63, 3.8) is 0 Å². The molecule has 3 rings (SSSR count). The second-order valence-electron chi connectivity index (χ2n) is 6.11. The van der Waals surface area contributed by atoms with Crippen LogP contribution in [0.1, 0.15) is 34.2 Å². The second-order valence-corrected chi connectivity index (χ2v) is 6.11. The van der Waals surface area contributed by atoms with Gasteiger partial charge in [-0.1, -0.05) is 13.0 Å². The molecule has 1 amide bonds. The van der Waals surface area contributed by atoms with Crippen LogP contribution >= 0.6 is 0 Å². The van der Waals surface area contributed by atoms with Crippen LogP contribution in [0.5, 0.6) is 0 Å². The molecular formula is C18H15F3N4O3. The van der Waals surface area contributed by atoms with Crippen LogP contribution in [0.15, 0.2) is 36.5 Å². The molecule has 0 saturated carbocycles. The van der Waals surface area contributed by atoms with Crippen LogP contribution in [0.25, 0.3) is 5.65 Å². The number of hydrogen-bond donors (Lipinski definition) is 1. The van der Waals surface area contributed by atoms with E-state index in [2.05, 4.69) is 10.3 Å². The number of hydrogen-bond acceptors (Lipinski definition) is 4. The fourth-order valence-corrected chi connectivity index (χ4v) is 2.79. The minimum atomic E-state index is -4.57. The zero-order valence-corrected chi connectivity index (χ0v) is 14.9. The SMILES string of the molecule is CCc1nc2ccc(C(F)(F)F)cn2c1C(=O)Nc1cc([N+](=O)[O-])ccc1C. The molecule has 0 saturated heterocycles. The largest absolute Gasteiger partial charge is 0.417 e. The highest BCUT2D eigenvalue weighted by Gasteiger charge is 2.32. The number of anilines is 1. The summed E-state index contributed by atoms with van der Waals surface area (Å²) in [6, 6.07) is 6.06. The topological polar surface area (TPSA) is 89.5 Å². The molecule has 10 heteroatoms. The Kier molecular flexibility index (Phi) is 4.80. The molecule has 3 aromatic rings. The molecule has 0 spiro atoms. The highest BCUT2D eigenvalue weighted by Crippen LogP contribution is 2.30. The summed E-state index contributed by atoms with van der Waals surface area (Å²) in [5.74, 6) is -0.702. The molecule has 0 unspecified atom stereocenters. The summed E-state index contributed by atoms with van der Waals surface area (Å²) in [6.45, 7) is 3.37. The summed E-state index contributed by atoms with van der Waals surface area (Å²) in [4.78, 5) is 27.4. The van der Waals surface area contributed by atoms with Crippen LogP contribution in [0.2, 0.25) is 0 Å². The Balaban J connectivity index is 2.08. The van der Waals surface area contributed by atoms with Gasteiger partial charge in [0.25, 0.3) is 11.6 Å². The summed E-state index contributed by atoms with van der Waals surface area (Å²) >= 11 is 0. The molecule has 28 heavy (non-hydrogen) atoms. The smallest absolute Gasteiger partial charge is 0.320 e. The maximum atomic E-state index is 13.1. The molecular weight excluding hydrogens is 377 g/mol. The van der Waals surface area contributed by atoms with E-state index in [0.29, 0.717) is 17.7 Å². The first-order valence-corrected chi connectivity index (χ1v) is 8.26. The summed E-state index contributed by atoms with van der Waals surface area (Å²) in [7, 11) is 0. The average molecular weight is 392 g/mol. The predicted molar refractivity (Wildman–Crippen MR) is 95.4 cm³/mol. The summed E-state index contributed by atoms with van der Waals surface area (Å²) in [5, 5.41) is 13.5. The van der Waals surface area contributed by atoms with Crippen LogP contribution in [0.4, 0.5) is 24.5 Å². The van der Waals surface area contributed by atoms with Gasteiger partial charge in [-0.3, -0.25) is 19.3 Å². The monoisotopic (exact) mass is 392 g/mol. The molecule has 2 aromatic heterocycles. The van der Waals surface area contributed by atoms with Gasteiger partial charge in [0.2, 0.25) is 0 Å². The van der Waals surface area contributed by atoms with Gasteiger partial charge in [-0.25, -0.2) is 4.98 Å². The number of aryl methyl sites for hydroxylation is 2. The number of halogens is 3. The number of alkyl halides is 3. The van der Waals surface area contributed by atoms with Crippen molar-refractivity contribution in [1.29, 1.82) is 0 Å². The van der Waals surface area contributed by atoms with Crippen LogP contribution in [-0.4, -0.2) is 20.2 Å². The number of carbonyl (C=O) groups excluding carboxylic acids is 1. The molecule has 0 radical (unpaired) electrons. The number of carbonyl (C=O) groups is 1. The molecule has 0 aliphatic heterocycles. The van der Waals surface area contributed by atoms with Gasteiger partial charge >= 0.3 is 6.18 Å².